The fourth-order valence-corrected chi connectivity index (χ4v) is 11.1. The molecule has 0 fully saturated rings. The number of hydrogen-bond donors (Lipinski definition) is 0. The van der Waals surface area contributed by atoms with Gasteiger partial charge in [-0.2, -0.15) is 0 Å². The lowest BCUT2D eigenvalue weighted by Crippen LogP contribution is -2.58. The second-order valence-electron chi connectivity index (χ2n) is 18.4. The standard InChI is InChI=1S/C58H42B2N2/c1-58(2,3)41-29-25-38(26-30-41)40-28-32-49-47(34-40)45-22-14-24-53-57(45)60(49)51-36-54-50(35-55(51)62(53)43-19-11-6-12-20-43)59-48-31-27-39(37-15-7-4-8-16-37)33-46(48)44-21-13-23-52(56(44)59)61(54)42-17-9-5-10-18-42/h4-36H,1-3H3/i4D. The lowest BCUT2D eigenvalue weighted by atomic mass is 9.34. The van der Waals surface area contributed by atoms with Gasteiger partial charge in [-0.3, -0.25) is 0 Å². The van der Waals surface area contributed by atoms with Crippen LogP contribution in [0.1, 0.15) is 27.7 Å². The third kappa shape index (κ3) is 5.07. The van der Waals surface area contributed by atoms with E-state index in [1.165, 1.54) is 100 Å². The molecule has 290 valence electrons. The van der Waals surface area contributed by atoms with Gasteiger partial charge in [0.1, 0.15) is 0 Å². The maximum Gasteiger partial charge on any atom is 0.248 e. The van der Waals surface area contributed by atoms with Crippen LogP contribution in [0.25, 0.3) is 44.5 Å². The van der Waals surface area contributed by atoms with Gasteiger partial charge in [0.15, 0.2) is 0 Å². The summed E-state index contributed by atoms with van der Waals surface area (Å²) in [4.78, 5) is 5.06. The molecule has 9 aromatic carbocycles. The first-order chi connectivity index (χ1) is 30.8. The summed E-state index contributed by atoms with van der Waals surface area (Å²) in [6, 6.07) is 72.6. The molecule has 0 amide bonds. The number of fused-ring (bicyclic) bond motifs is 10. The molecule has 0 unspecified atom stereocenters. The summed E-state index contributed by atoms with van der Waals surface area (Å²) in [5.41, 5.74) is 26.8. The van der Waals surface area contributed by atoms with E-state index < -0.39 is 0 Å². The fourth-order valence-electron chi connectivity index (χ4n) is 11.1. The molecular weight excluding hydrogens is 746 g/mol. The highest BCUT2D eigenvalue weighted by atomic mass is 15.2. The van der Waals surface area contributed by atoms with Gasteiger partial charge in [0, 0.05) is 34.1 Å². The first-order valence-corrected chi connectivity index (χ1v) is 21.9. The summed E-state index contributed by atoms with van der Waals surface area (Å²) < 4.78 is 8.11. The van der Waals surface area contributed by atoms with E-state index in [0.717, 1.165) is 16.9 Å². The minimum absolute atomic E-state index is 0.0598. The lowest BCUT2D eigenvalue weighted by molar-refractivity contribution is 0.590. The predicted molar refractivity (Wildman–Crippen MR) is 266 cm³/mol. The molecule has 4 aliphatic rings. The summed E-state index contributed by atoms with van der Waals surface area (Å²) in [7, 11) is 0. The first-order valence-electron chi connectivity index (χ1n) is 22.4. The van der Waals surface area contributed by atoms with Crippen LogP contribution in [-0.2, 0) is 5.41 Å². The Bertz CT molecular complexity index is 3340. The van der Waals surface area contributed by atoms with Crippen molar-refractivity contribution in [3.8, 4) is 44.5 Å². The molecule has 0 bridgehead atoms. The number of benzene rings is 9. The number of anilines is 6. The molecule has 4 heteroatoms. The third-order valence-corrected chi connectivity index (χ3v) is 14.0. The zero-order chi connectivity index (χ0) is 42.1. The van der Waals surface area contributed by atoms with E-state index in [-0.39, 0.29) is 18.8 Å². The Morgan fingerprint density at radius 2 is 0.823 bits per heavy atom. The van der Waals surface area contributed by atoms with Crippen LogP contribution >= 0.6 is 0 Å². The second kappa shape index (κ2) is 13.1. The van der Waals surface area contributed by atoms with Crippen molar-refractivity contribution >= 4 is 80.3 Å². The van der Waals surface area contributed by atoms with Gasteiger partial charge in [0.2, 0.25) is 13.4 Å². The molecule has 9 aromatic rings. The van der Waals surface area contributed by atoms with Crippen molar-refractivity contribution in [2.45, 2.75) is 26.2 Å². The van der Waals surface area contributed by atoms with Crippen LogP contribution in [-0.4, -0.2) is 13.4 Å². The van der Waals surface area contributed by atoms with E-state index in [9.17, 15) is 0 Å². The van der Waals surface area contributed by atoms with Gasteiger partial charge >= 0.3 is 0 Å². The number of hydrogen-bond acceptors (Lipinski definition) is 2. The number of para-hydroxylation sites is 2. The van der Waals surface area contributed by atoms with Crippen molar-refractivity contribution in [3.63, 3.8) is 0 Å². The predicted octanol–water partition coefficient (Wildman–Crippen LogP) is 10.9. The average molecular weight is 790 g/mol. The topological polar surface area (TPSA) is 6.48 Å². The molecular formula is C58H42B2N2. The molecule has 0 aromatic heterocycles. The fraction of sp³-hybridized carbons (Fsp3) is 0.0690. The highest BCUT2D eigenvalue weighted by Gasteiger charge is 2.47. The van der Waals surface area contributed by atoms with Crippen molar-refractivity contribution in [3.05, 3.63) is 206 Å². The van der Waals surface area contributed by atoms with Gasteiger partial charge in [0.05, 0.1) is 1.37 Å². The molecule has 0 atom stereocenters. The molecule has 13 rings (SSSR count). The summed E-state index contributed by atoms with van der Waals surface area (Å²) in [6.45, 7) is 6.97. The van der Waals surface area contributed by atoms with E-state index in [1.54, 1.807) is 0 Å². The Kier molecular flexibility index (Phi) is 7.28. The highest BCUT2D eigenvalue weighted by molar-refractivity contribution is 7.03. The SMILES string of the molecule is [2H]c1ccc(-c2ccc3c(c2)-c2cccc4c2B3c2cc3c(cc2N4c2ccccc2)B2c4ccc(-c5ccc(C(C)(C)C)cc5)cc4-c4cccc(c42)N3c2ccccc2)cc1. The summed E-state index contributed by atoms with van der Waals surface area (Å²) in [5.74, 6) is 0. The highest BCUT2D eigenvalue weighted by Crippen LogP contribution is 2.45. The Morgan fingerprint density at radius 1 is 0.371 bits per heavy atom. The molecule has 62 heavy (non-hydrogen) atoms. The molecule has 0 spiro atoms. The van der Waals surface area contributed by atoms with Gasteiger partial charge in [-0.05, 0) is 138 Å². The van der Waals surface area contributed by atoms with E-state index in [0.29, 0.717) is 6.04 Å². The minimum atomic E-state index is 0.0598. The quantitative estimate of drug-likeness (QED) is 0.164. The van der Waals surface area contributed by atoms with E-state index in [4.69, 9.17) is 1.37 Å². The number of nitrogens with zero attached hydrogens (tertiary/aromatic N) is 2. The van der Waals surface area contributed by atoms with Gasteiger partial charge in [-0.15, -0.1) is 0 Å². The Balaban J connectivity index is 1.05. The van der Waals surface area contributed by atoms with E-state index in [1.807, 2.05) is 12.1 Å². The van der Waals surface area contributed by atoms with Gasteiger partial charge in [-0.1, -0.05) is 171 Å². The van der Waals surface area contributed by atoms with Crippen LogP contribution in [0.2, 0.25) is 0 Å². The Labute approximate surface area is 366 Å². The molecule has 0 saturated carbocycles. The van der Waals surface area contributed by atoms with Gasteiger partial charge in [-0.25, -0.2) is 0 Å². The van der Waals surface area contributed by atoms with Crippen molar-refractivity contribution in [2.75, 3.05) is 9.80 Å². The third-order valence-electron chi connectivity index (χ3n) is 14.0. The smallest absolute Gasteiger partial charge is 0.248 e. The summed E-state index contributed by atoms with van der Waals surface area (Å²) in [6.07, 6.45) is 0. The second-order valence-corrected chi connectivity index (χ2v) is 18.4. The molecule has 2 nitrogen and oxygen atoms in total. The molecule has 4 heterocycles. The molecule has 0 saturated heterocycles. The van der Waals surface area contributed by atoms with Crippen molar-refractivity contribution in [2.24, 2.45) is 0 Å². The lowest BCUT2D eigenvalue weighted by Gasteiger charge is -2.41. The number of rotatable bonds is 4. The molecule has 4 aliphatic heterocycles. The van der Waals surface area contributed by atoms with Crippen LogP contribution in [0.15, 0.2) is 200 Å². The van der Waals surface area contributed by atoms with Crippen molar-refractivity contribution in [1.82, 2.24) is 0 Å². The molecule has 0 aliphatic carbocycles. The van der Waals surface area contributed by atoms with Crippen LogP contribution in [0.3, 0.4) is 0 Å². The zero-order valence-electron chi connectivity index (χ0n) is 36.0. The van der Waals surface area contributed by atoms with E-state index >= 15 is 0 Å². The minimum Gasteiger partial charge on any atom is -0.312 e. The summed E-state index contributed by atoms with van der Waals surface area (Å²) in [5, 5.41) is 0. The monoisotopic (exact) mass is 789 g/mol. The zero-order valence-corrected chi connectivity index (χ0v) is 35.0. The van der Waals surface area contributed by atoms with Gasteiger partial charge < -0.3 is 9.80 Å². The largest absolute Gasteiger partial charge is 0.312 e. The molecule has 0 N–H and O–H groups in total. The van der Waals surface area contributed by atoms with Crippen LogP contribution in [0.5, 0.6) is 0 Å². The van der Waals surface area contributed by atoms with Crippen molar-refractivity contribution in [1.29, 1.82) is 0 Å². The van der Waals surface area contributed by atoms with Crippen LogP contribution in [0, 0.1) is 0 Å². The first kappa shape index (κ1) is 34.4. The average Bonchev–Trinajstić information content (AvgIpc) is 3.83. The molecule has 0 radical (unpaired) electrons. The normalized spacial score (nSPS) is 13.8. The maximum absolute atomic E-state index is 8.11. The van der Waals surface area contributed by atoms with E-state index in [2.05, 4.69) is 213 Å². The van der Waals surface area contributed by atoms with Crippen LogP contribution < -0.4 is 42.6 Å². The van der Waals surface area contributed by atoms with Gasteiger partial charge in [0.25, 0.3) is 0 Å². The Hall–Kier alpha value is -7.29. The summed E-state index contributed by atoms with van der Waals surface area (Å²) >= 11 is 0. The van der Waals surface area contributed by atoms with Crippen LogP contribution in [0.4, 0.5) is 34.1 Å². The van der Waals surface area contributed by atoms with Crippen molar-refractivity contribution < 1.29 is 1.37 Å². The Morgan fingerprint density at radius 3 is 1.29 bits per heavy atom. The maximum atomic E-state index is 8.11.